The molecule has 0 spiro atoms. The molecule has 0 radical (unpaired) electrons. The van der Waals surface area contributed by atoms with Crippen LogP contribution < -0.4 is 5.32 Å². The highest BCUT2D eigenvalue weighted by Gasteiger charge is 2.26. The Morgan fingerprint density at radius 3 is 2.37 bits per heavy atom. The molecular weight excluding hydrogens is 266 g/mol. The van der Waals surface area contributed by atoms with Gasteiger partial charge in [-0.15, -0.1) is 0 Å². The van der Waals surface area contributed by atoms with Crippen molar-refractivity contribution >= 4 is 23.5 Å². The quantitative estimate of drug-likeness (QED) is 0.873. The van der Waals surface area contributed by atoms with Crippen molar-refractivity contribution in [2.45, 2.75) is 32.7 Å². The van der Waals surface area contributed by atoms with Gasteiger partial charge in [0, 0.05) is 5.02 Å². The van der Waals surface area contributed by atoms with Crippen LogP contribution in [0.1, 0.15) is 32.3 Å². The van der Waals surface area contributed by atoms with Gasteiger partial charge < -0.3 is 10.4 Å². The summed E-state index contributed by atoms with van der Waals surface area (Å²) in [5.41, 5.74) is 0.762. The normalized spacial score (nSPS) is 13.9. The average Bonchev–Trinajstić information content (AvgIpc) is 2.33. The summed E-state index contributed by atoms with van der Waals surface area (Å²) in [5.74, 6) is -1.96. The number of rotatable bonds is 5. The number of hydrogen-bond donors (Lipinski definition) is 2. The first-order chi connectivity index (χ1) is 8.82. The second kappa shape index (κ2) is 6.57. The molecule has 0 bridgehead atoms. The van der Waals surface area contributed by atoms with Crippen molar-refractivity contribution in [1.29, 1.82) is 0 Å². The van der Waals surface area contributed by atoms with Crippen LogP contribution in [0, 0.1) is 5.92 Å². The van der Waals surface area contributed by atoms with Crippen LogP contribution in [-0.2, 0) is 9.59 Å². The topological polar surface area (TPSA) is 66.4 Å². The molecule has 5 heteroatoms. The van der Waals surface area contributed by atoms with Crippen molar-refractivity contribution in [3.8, 4) is 0 Å². The Morgan fingerprint density at radius 2 is 1.89 bits per heavy atom. The number of benzene rings is 1. The minimum atomic E-state index is -1.03. The standard InChI is InChI=1S/C14H18ClNO3/c1-8(2)12(14(18)19)16-13(17)9(3)10-5-4-6-11(15)7-10/h4-9,12H,1-3H3,(H,16,17)(H,18,19). The predicted molar refractivity (Wildman–Crippen MR) is 74.3 cm³/mol. The van der Waals surface area contributed by atoms with Crippen molar-refractivity contribution < 1.29 is 14.7 Å². The molecule has 1 aromatic rings. The fraction of sp³-hybridized carbons (Fsp3) is 0.429. The fourth-order valence-corrected chi connectivity index (χ4v) is 1.92. The molecule has 4 nitrogen and oxygen atoms in total. The largest absolute Gasteiger partial charge is 0.480 e. The van der Waals surface area contributed by atoms with E-state index < -0.39 is 17.9 Å². The first kappa shape index (κ1) is 15.5. The second-order valence-electron chi connectivity index (χ2n) is 4.85. The zero-order valence-electron chi connectivity index (χ0n) is 11.2. The SMILES string of the molecule is CC(C(=O)NC(C(=O)O)C(C)C)c1cccc(Cl)c1. The molecule has 0 aliphatic carbocycles. The Hall–Kier alpha value is -1.55. The summed E-state index contributed by atoms with van der Waals surface area (Å²) in [6, 6.07) is 6.11. The number of halogens is 1. The van der Waals surface area contributed by atoms with Gasteiger partial charge in [-0.2, -0.15) is 0 Å². The van der Waals surface area contributed by atoms with Gasteiger partial charge in [-0.1, -0.05) is 37.6 Å². The van der Waals surface area contributed by atoms with Gasteiger partial charge in [0.25, 0.3) is 0 Å². The number of amides is 1. The van der Waals surface area contributed by atoms with Crippen LogP contribution in [0.2, 0.25) is 5.02 Å². The minimum absolute atomic E-state index is 0.173. The maximum Gasteiger partial charge on any atom is 0.326 e. The molecule has 1 rings (SSSR count). The number of carboxylic acid groups (broad SMARTS) is 1. The number of hydrogen-bond acceptors (Lipinski definition) is 2. The minimum Gasteiger partial charge on any atom is -0.480 e. The van der Waals surface area contributed by atoms with E-state index in [1.165, 1.54) is 0 Å². The smallest absolute Gasteiger partial charge is 0.326 e. The van der Waals surface area contributed by atoms with Crippen LogP contribution in [0.25, 0.3) is 0 Å². The van der Waals surface area contributed by atoms with Gasteiger partial charge in [-0.05, 0) is 30.5 Å². The van der Waals surface area contributed by atoms with E-state index in [-0.39, 0.29) is 11.8 Å². The summed E-state index contributed by atoms with van der Waals surface area (Å²) < 4.78 is 0. The van der Waals surface area contributed by atoms with E-state index >= 15 is 0 Å². The van der Waals surface area contributed by atoms with E-state index in [4.69, 9.17) is 16.7 Å². The Morgan fingerprint density at radius 1 is 1.26 bits per heavy atom. The highest BCUT2D eigenvalue weighted by molar-refractivity contribution is 6.30. The third kappa shape index (κ3) is 4.24. The van der Waals surface area contributed by atoms with Gasteiger partial charge in [0.1, 0.15) is 6.04 Å². The summed E-state index contributed by atoms with van der Waals surface area (Å²) in [4.78, 5) is 23.1. The van der Waals surface area contributed by atoms with E-state index in [9.17, 15) is 9.59 Å². The monoisotopic (exact) mass is 283 g/mol. The molecular formula is C14H18ClNO3. The fourth-order valence-electron chi connectivity index (χ4n) is 1.72. The zero-order valence-corrected chi connectivity index (χ0v) is 11.9. The van der Waals surface area contributed by atoms with Gasteiger partial charge in [-0.3, -0.25) is 4.79 Å². The van der Waals surface area contributed by atoms with Crippen LogP contribution in [-0.4, -0.2) is 23.0 Å². The molecule has 1 aromatic carbocycles. The lowest BCUT2D eigenvalue weighted by Crippen LogP contribution is -2.45. The summed E-state index contributed by atoms with van der Waals surface area (Å²) in [5, 5.41) is 12.2. The summed E-state index contributed by atoms with van der Waals surface area (Å²) in [6.07, 6.45) is 0. The van der Waals surface area contributed by atoms with Crippen molar-refractivity contribution in [2.75, 3.05) is 0 Å². The molecule has 2 unspecified atom stereocenters. The van der Waals surface area contributed by atoms with Crippen molar-refractivity contribution in [1.82, 2.24) is 5.32 Å². The first-order valence-electron chi connectivity index (χ1n) is 6.11. The van der Waals surface area contributed by atoms with Crippen LogP contribution in [0.5, 0.6) is 0 Å². The van der Waals surface area contributed by atoms with Crippen LogP contribution in [0.15, 0.2) is 24.3 Å². The van der Waals surface area contributed by atoms with Gasteiger partial charge >= 0.3 is 5.97 Å². The second-order valence-corrected chi connectivity index (χ2v) is 5.28. The van der Waals surface area contributed by atoms with Crippen molar-refractivity contribution in [2.24, 2.45) is 5.92 Å². The summed E-state index contributed by atoms with van der Waals surface area (Å²) in [6.45, 7) is 5.23. The van der Waals surface area contributed by atoms with E-state index in [2.05, 4.69) is 5.32 Å². The number of carboxylic acids is 1. The predicted octanol–water partition coefficient (Wildman–Crippen LogP) is 2.67. The highest BCUT2D eigenvalue weighted by atomic mass is 35.5. The summed E-state index contributed by atoms with van der Waals surface area (Å²) in [7, 11) is 0. The van der Waals surface area contributed by atoms with Gasteiger partial charge in [-0.25, -0.2) is 4.79 Å². The van der Waals surface area contributed by atoms with E-state index in [1.54, 1.807) is 45.0 Å². The zero-order chi connectivity index (χ0) is 14.6. The molecule has 0 saturated heterocycles. The van der Waals surface area contributed by atoms with Gasteiger partial charge in [0.15, 0.2) is 0 Å². The lowest BCUT2D eigenvalue weighted by molar-refractivity contribution is -0.143. The third-order valence-electron chi connectivity index (χ3n) is 2.97. The molecule has 2 N–H and O–H groups in total. The van der Waals surface area contributed by atoms with E-state index in [0.717, 1.165) is 5.56 Å². The van der Waals surface area contributed by atoms with Crippen molar-refractivity contribution in [3.05, 3.63) is 34.9 Å². The average molecular weight is 284 g/mol. The molecule has 0 aliphatic rings. The molecule has 0 heterocycles. The molecule has 0 aromatic heterocycles. The maximum atomic E-state index is 12.1. The van der Waals surface area contributed by atoms with E-state index in [0.29, 0.717) is 5.02 Å². The first-order valence-corrected chi connectivity index (χ1v) is 6.49. The Bertz CT molecular complexity index is 474. The molecule has 1 amide bonds. The molecule has 104 valence electrons. The molecule has 0 aliphatic heterocycles. The Balaban J connectivity index is 2.80. The molecule has 0 saturated carbocycles. The highest BCUT2D eigenvalue weighted by Crippen LogP contribution is 2.20. The lowest BCUT2D eigenvalue weighted by atomic mass is 9.98. The Labute approximate surface area is 117 Å². The van der Waals surface area contributed by atoms with Crippen molar-refractivity contribution in [3.63, 3.8) is 0 Å². The number of nitrogens with one attached hydrogen (secondary N) is 1. The van der Waals surface area contributed by atoms with Crippen LogP contribution in [0.3, 0.4) is 0 Å². The van der Waals surface area contributed by atoms with E-state index in [1.807, 2.05) is 0 Å². The molecule has 0 fully saturated rings. The maximum absolute atomic E-state index is 12.1. The van der Waals surface area contributed by atoms with Crippen LogP contribution in [0.4, 0.5) is 0 Å². The number of carbonyl (C=O) groups excluding carboxylic acids is 1. The van der Waals surface area contributed by atoms with Gasteiger partial charge in [0.2, 0.25) is 5.91 Å². The summed E-state index contributed by atoms with van der Waals surface area (Å²) >= 11 is 5.87. The number of aliphatic carboxylic acids is 1. The van der Waals surface area contributed by atoms with Gasteiger partial charge in [0.05, 0.1) is 5.92 Å². The lowest BCUT2D eigenvalue weighted by Gasteiger charge is -2.20. The molecule has 2 atom stereocenters. The Kier molecular flexibility index (Phi) is 5.36. The molecule has 19 heavy (non-hydrogen) atoms. The third-order valence-corrected chi connectivity index (χ3v) is 3.21. The van der Waals surface area contributed by atoms with Crippen LogP contribution >= 0.6 is 11.6 Å². The number of carbonyl (C=O) groups is 2.